The summed E-state index contributed by atoms with van der Waals surface area (Å²) in [6.07, 6.45) is 11.4. The van der Waals surface area contributed by atoms with Gasteiger partial charge in [0.2, 0.25) is 0 Å². The van der Waals surface area contributed by atoms with E-state index in [4.69, 9.17) is 5.73 Å². The Labute approximate surface area is 130 Å². The highest BCUT2D eigenvalue weighted by molar-refractivity contribution is 8.93. The number of ketones is 1. The maximum Gasteiger partial charge on any atom is 0.134 e. The quantitative estimate of drug-likeness (QED) is 0.537. The first-order chi connectivity index (χ1) is 8.39. The Morgan fingerprint density at radius 2 is 1.42 bits per heavy atom. The Bertz CT molecular complexity index is 223. The van der Waals surface area contributed by atoms with Crippen LogP contribution >= 0.6 is 17.0 Å². The molecule has 0 bridgehead atoms. The molecule has 0 spiro atoms. The molecule has 2 nitrogen and oxygen atoms in total. The van der Waals surface area contributed by atoms with Gasteiger partial charge in [-0.3, -0.25) is 4.79 Å². The number of rotatable bonds is 11. The predicted octanol–water partition coefficient (Wildman–Crippen LogP) is 5.04. The maximum absolute atomic E-state index is 11.5. The van der Waals surface area contributed by atoms with E-state index in [1.54, 1.807) is 6.92 Å². The molecule has 0 rings (SSSR count). The van der Waals surface area contributed by atoms with E-state index in [0.29, 0.717) is 0 Å². The van der Waals surface area contributed by atoms with E-state index in [9.17, 15) is 4.79 Å². The molecule has 1 atom stereocenters. The maximum atomic E-state index is 11.5. The number of hydrogen-bond acceptors (Lipinski definition) is 2. The van der Waals surface area contributed by atoms with Crippen LogP contribution in [0.15, 0.2) is 0 Å². The van der Waals surface area contributed by atoms with Crippen LogP contribution in [-0.4, -0.2) is 11.3 Å². The summed E-state index contributed by atoms with van der Waals surface area (Å²) < 4.78 is 0. The number of carbonyl (C=O) groups is 1. The van der Waals surface area contributed by atoms with Crippen LogP contribution in [-0.2, 0) is 4.79 Å². The van der Waals surface area contributed by atoms with Crippen molar-refractivity contribution in [3.63, 3.8) is 0 Å². The minimum atomic E-state index is -0.368. The zero-order valence-corrected chi connectivity index (χ0v) is 15.0. The monoisotopic (exact) mass is 335 g/mol. The Balaban J connectivity index is 0. The molecule has 116 valence electrons. The average Bonchev–Trinajstić information content (AvgIpc) is 2.24. The van der Waals surface area contributed by atoms with Crippen molar-refractivity contribution in [2.75, 3.05) is 0 Å². The Morgan fingerprint density at radius 1 is 1.00 bits per heavy atom. The van der Waals surface area contributed by atoms with Crippen molar-refractivity contribution in [2.45, 2.75) is 91.0 Å². The fourth-order valence-corrected chi connectivity index (χ4v) is 2.58. The number of unbranched alkanes of at least 4 members (excludes halogenated alkanes) is 7. The fraction of sp³-hybridized carbons (Fsp3) is 0.938. The van der Waals surface area contributed by atoms with Gasteiger partial charge in [-0.05, 0) is 27.2 Å². The van der Waals surface area contributed by atoms with Gasteiger partial charge in [0.15, 0.2) is 0 Å². The summed E-state index contributed by atoms with van der Waals surface area (Å²) in [6.45, 7) is 7.84. The molecule has 0 heterocycles. The Morgan fingerprint density at radius 3 is 1.79 bits per heavy atom. The van der Waals surface area contributed by atoms with Gasteiger partial charge in [0.1, 0.15) is 5.78 Å². The first-order valence-corrected chi connectivity index (χ1v) is 7.69. The molecular formula is C16H34BrNO. The Kier molecular flexibility index (Phi) is 13.4. The number of hydrogen-bond donors (Lipinski definition) is 1. The topological polar surface area (TPSA) is 43.1 Å². The summed E-state index contributed by atoms with van der Waals surface area (Å²) >= 11 is 0. The third-order valence-corrected chi connectivity index (χ3v) is 3.74. The lowest BCUT2D eigenvalue weighted by molar-refractivity contribution is -0.122. The molecule has 0 saturated heterocycles. The van der Waals surface area contributed by atoms with Crippen molar-refractivity contribution in [1.29, 1.82) is 0 Å². The first kappa shape index (κ1) is 21.4. The molecular weight excluding hydrogens is 302 g/mol. The summed E-state index contributed by atoms with van der Waals surface area (Å²) in [6, 6.07) is 0. The predicted molar refractivity (Wildman–Crippen MR) is 90.0 cm³/mol. The van der Waals surface area contributed by atoms with Crippen molar-refractivity contribution in [3.8, 4) is 0 Å². The zero-order chi connectivity index (χ0) is 14.0. The van der Waals surface area contributed by atoms with Gasteiger partial charge in [0, 0.05) is 11.5 Å². The molecule has 1 unspecified atom stereocenters. The number of carbonyl (C=O) groups excluding carboxylic acids is 1. The highest BCUT2D eigenvalue weighted by Crippen LogP contribution is 2.22. The van der Waals surface area contributed by atoms with Gasteiger partial charge >= 0.3 is 0 Å². The van der Waals surface area contributed by atoms with Crippen LogP contribution in [0.2, 0.25) is 0 Å². The molecule has 0 fully saturated rings. The molecule has 0 radical (unpaired) electrons. The van der Waals surface area contributed by atoms with Crippen molar-refractivity contribution in [2.24, 2.45) is 11.7 Å². The van der Waals surface area contributed by atoms with Crippen LogP contribution in [0.5, 0.6) is 0 Å². The molecule has 2 N–H and O–H groups in total. The van der Waals surface area contributed by atoms with Gasteiger partial charge in [0.25, 0.3) is 0 Å². The summed E-state index contributed by atoms with van der Waals surface area (Å²) in [5.74, 6) is 0.267. The smallest absolute Gasteiger partial charge is 0.134 e. The molecule has 0 aromatic rings. The van der Waals surface area contributed by atoms with E-state index in [-0.39, 0.29) is 34.2 Å². The normalized spacial score (nSPS) is 12.9. The van der Waals surface area contributed by atoms with Crippen molar-refractivity contribution in [1.82, 2.24) is 0 Å². The standard InChI is InChI=1S/C16H33NO.BrH/c1-5-6-7-8-9-10-11-12-13-15(14(2)18)16(3,4)17;/h15H,5-13,17H2,1-4H3;1H. The first-order valence-electron chi connectivity index (χ1n) is 7.69. The van der Waals surface area contributed by atoms with Gasteiger partial charge in [-0.25, -0.2) is 0 Å². The summed E-state index contributed by atoms with van der Waals surface area (Å²) in [5.41, 5.74) is 5.69. The van der Waals surface area contributed by atoms with Crippen LogP contribution in [0, 0.1) is 5.92 Å². The van der Waals surface area contributed by atoms with Crippen LogP contribution in [0.1, 0.15) is 85.5 Å². The SMILES string of the molecule is Br.CCCCCCCCCCC(C(C)=O)C(C)(C)N. The van der Waals surface area contributed by atoms with Crippen molar-refractivity contribution >= 4 is 22.8 Å². The molecule has 3 heteroatoms. The lowest BCUT2D eigenvalue weighted by Gasteiger charge is -2.28. The third-order valence-electron chi connectivity index (χ3n) is 3.74. The largest absolute Gasteiger partial charge is 0.325 e. The third kappa shape index (κ3) is 11.6. The van der Waals surface area contributed by atoms with Crippen LogP contribution in [0.4, 0.5) is 0 Å². The van der Waals surface area contributed by atoms with E-state index in [1.165, 1.54) is 44.9 Å². The van der Waals surface area contributed by atoms with Crippen molar-refractivity contribution in [3.05, 3.63) is 0 Å². The number of nitrogens with two attached hydrogens (primary N) is 1. The molecule has 0 aliphatic carbocycles. The van der Waals surface area contributed by atoms with Gasteiger partial charge in [-0.2, -0.15) is 0 Å². The van der Waals surface area contributed by atoms with E-state index in [1.807, 2.05) is 13.8 Å². The van der Waals surface area contributed by atoms with E-state index in [0.717, 1.165) is 12.8 Å². The summed E-state index contributed by atoms with van der Waals surface area (Å²) in [5, 5.41) is 0. The minimum Gasteiger partial charge on any atom is -0.325 e. The number of halogens is 1. The molecule has 0 aromatic heterocycles. The molecule has 0 aliphatic heterocycles. The van der Waals surface area contributed by atoms with Gasteiger partial charge < -0.3 is 5.73 Å². The zero-order valence-electron chi connectivity index (χ0n) is 13.3. The second-order valence-corrected chi connectivity index (χ2v) is 6.25. The lowest BCUT2D eigenvalue weighted by Crippen LogP contribution is -2.44. The molecule has 0 saturated carbocycles. The molecule has 0 aromatic carbocycles. The van der Waals surface area contributed by atoms with E-state index < -0.39 is 0 Å². The van der Waals surface area contributed by atoms with Crippen LogP contribution < -0.4 is 5.73 Å². The van der Waals surface area contributed by atoms with Gasteiger partial charge in [-0.15, -0.1) is 17.0 Å². The summed E-state index contributed by atoms with van der Waals surface area (Å²) in [7, 11) is 0. The van der Waals surface area contributed by atoms with E-state index in [2.05, 4.69) is 6.92 Å². The fourth-order valence-electron chi connectivity index (χ4n) is 2.58. The highest BCUT2D eigenvalue weighted by Gasteiger charge is 2.28. The highest BCUT2D eigenvalue weighted by atomic mass is 79.9. The van der Waals surface area contributed by atoms with Gasteiger partial charge in [0.05, 0.1) is 0 Å². The molecule has 0 amide bonds. The average molecular weight is 336 g/mol. The van der Waals surface area contributed by atoms with E-state index >= 15 is 0 Å². The molecule has 19 heavy (non-hydrogen) atoms. The molecule has 0 aliphatic rings. The Hall–Kier alpha value is 0.110. The second-order valence-electron chi connectivity index (χ2n) is 6.25. The van der Waals surface area contributed by atoms with Crippen LogP contribution in [0.3, 0.4) is 0 Å². The minimum absolute atomic E-state index is 0. The number of Topliss-reactive ketones (excluding diaryl/α,β-unsaturated/α-hetero) is 1. The summed E-state index contributed by atoms with van der Waals surface area (Å²) in [4.78, 5) is 11.5. The van der Waals surface area contributed by atoms with Crippen molar-refractivity contribution < 1.29 is 4.79 Å². The van der Waals surface area contributed by atoms with Gasteiger partial charge in [-0.1, -0.05) is 58.3 Å². The second kappa shape index (κ2) is 11.9. The van der Waals surface area contributed by atoms with Crippen LogP contribution in [0.25, 0.3) is 0 Å². The lowest BCUT2D eigenvalue weighted by atomic mass is 9.81.